The highest BCUT2D eigenvalue weighted by molar-refractivity contribution is 14.1. The van der Waals surface area contributed by atoms with E-state index in [1.165, 1.54) is 24.3 Å². The zero-order chi connectivity index (χ0) is 14.8. The molecule has 0 spiro atoms. The van der Waals surface area contributed by atoms with Crippen LogP contribution in [0.4, 0.5) is 5.69 Å². The van der Waals surface area contributed by atoms with Gasteiger partial charge in [0.25, 0.3) is 15.0 Å². The van der Waals surface area contributed by atoms with Crippen LogP contribution in [0, 0.1) is 3.57 Å². The number of rotatable bonds is 3. The van der Waals surface area contributed by atoms with Gasteiger partial charge in [0.2, 0.25) is 0 Å². The lowest BCUT2D eigenvalue weighted by atomic mass is 10.2. The lowest BCUT2D eigenvalue weighted by molar-refractivity contribution is 0.102. The number of halogens is 2. The number of hydrogen-bond donors (Lipinski definition) is 1. The molecule has 0 fully saturated rings. The van der Waals surface area contributed by atoms with Gasteiger partial charge in [0.15, 0.2) is 0 Å². The molecule has 0 heterocycles. The summed E-state index contributed by atoms with van der Waals surface area (Å²) in [6.07, 6.45) is 0. The summed E-state index contributed by atoms with van der Waals surface area (Å²) >= 11 is 2.15. The second-order valence-corrected chi connectivity index (χ2v) is 7.73. The molecule has 2 rings (SSSR count). The summed E-state index contributed by atoms with van der Waals surface area (Å²) in [5.74, 6) is -0.261. The minimum absolute atomic E-state index is 0.00793. The third kappa shape index (κ3) is 3.94. The molecule has 0 aliphatic carbocycles. The first-order valence-electron chi connectivity index (χ1n) is 5.48. The number of carbonyl (C=O) groups excluding carboxylic acids is 1. The van der Waals surface area contributed by atoms with Crippen LogP contribution >= 0.6 is 33.3 Å². The van der Waals surface area contributed by atoms with Crippen molar-refractivity contribution in [1.82, 2.24) is 0 Å². The average Bonchev–Trinajstić information content (AvgIpc) is 2.39. The van der Waals surface area contributed by atoms with E-state index >= 15 is 0 Å². The summed E-state index contributed by atoms with van der Waals surface area (Å²) in [7, 11) is 1.47. The van der Waals surface area contributed by atoms with Gasteiger partial charge in [-0.15, -0.1) is 0 Å². The van der Waals surface area contributed by atoms with Crippen molar-refractivity contribution in [2.45, 2.75) is 4.90 Å². The Bertz CT molecular complexity index is 727. The fourth-order valence-corrected chi connectivity index (χ4v) is 2.63. The molecule has 0 aromatic heterocycles. The van der Waals surface area contributed by atoms with Crippen LogP contribution < -0.4 is 5.32 Å². The van der Waals surface area contributed by atoms with Gasteiger partial charge in [0.1, 0.15) is 0 Å². The summed E-state index contributed by atoms with van der Waals surface area (Å²) in [5, 5.41) is 2.68. The minimum atomic E-state index is -3.75. The fourth-order valence-electron chi connectivity index (χ4n) is 1.51. The Morgan fingerprint density at radius 1 is 1.00 bits per heavy atom. The van der Waals surface area contributed by atoms with Crippen molar-refractivity contribution < 1.29 is 13.2 Å². The van der Waals surface area contributed by atoms with Crippen molar-refractivity contribution in [2.24, 2.45) is 0 Å². The van der Waals surface area contributed by atoms with Crippen LogP contribution in [0.5, 0.6) is 0 Å². The maximum Gasteiger partial charge on any atom is 0.261 e. The van der Waals surface area contributed by atoms with E-state index in [0.717, 1.165) is 3.57 Å². The van der Waals surface area contributed by atoms with E-state index in [-0.39, 0.29) is 10.8 Å². The predicted molar refractivity (Wildman–Crippen MR) is 86.6 cm³/mol. The SMILES string of the molecule is O=C(Nc1ccc(S(=O)(=O)Cl)cc1)c1ccc(I)cc1. The third-order valence-electron chi connectivity index (χ3n) is 2.50. The zero-order valence-electron chi connectivity index (χ0n) is 10.0. The Hall–Kier alpha value is -1.12. The molecule has 104 valence electrons. The number of nitrogens with one attached hydrogen (secondary N) is 1. The molecular weight excluding hydrogens is 413 g/mol. The van der Waals surface area contributed by atoms with Crippen LogP contribution in [0.25, 0.3) is 0 Å². The van der Waals surface area contributed by atoms with Crippen molar-refractivity contribution in [2.75, 3.05) is 5.32 Å². The Morgan fingerprint density at radius 2 is 1.55 bits per heavy atom. The summed E-state index contributed by atoms with van der Waals surface area (Å²) in [4.78, 5) is 11.9. The first-order chi connectivity index (χ1) is 9.36. The first-order valence-corrected chi connectivity index (χ1v) is 8.87. The van der Waals surface area contributed by atoms with E-state index in [0.29, 0.717) is 11.3 Å². The fraction of sp³-hybridized carbons (Fsp3) is 0. The highest BCUT2D eigenvalue weighted by atomic mass is 127. The number of carbonyl (C=O) groups is 1. The number of hydrogen-bond acceptors (Lipinski definition) is 3. The van der Waals surface area contributed by atoms with Crippen LogP contribution in [-0.2, 0) is 9.05 Å². The van der Waals surface area contributed by atoms with Crippen molar-refractivity contribution in [3.8, 4) is 0 Å². The van der Waals surface area contributed by atoms with E-state index < -0.39 is 9.05 Å². The summed E-state index contributed by atoms with van der Waals surface area (Å²) < 4.78 is 23.2. The van der Waals surface area contributed by atoms with E-state index in [1.807, 2.05) is 12.1 Å². The molecule has 1 amide bonds. The van der Waals surface area contributed by atoms with Crippen LogP contribution in [-0.4, -0.2) is 14.3 Å². The van der Waals surface area contributed by atoms with Crippen LogP contribution in [0.2, 0.25) is 0 Å². The van der Waals surface area contributed by atoms with Crippen LogP contribution in [0.1, 0.15) is 10.4 Å². The Labute approximate surface area is 134 Å². The van der Waals surface area contributed by atoms with E-state index in [2.05, 4.69) is 27.9 Å². The lowest BCUT2D eigenvalue weighted by Crippen LogP contribution is -2.11. The standard InChI is InChI=1S/C13H9ClINO3S/c14-20(18,19)12-7-5-11(6-8-12)16-13(17)9-1-3-10(15)4-2-9/h1-8H,(H,16,17). The van der Waals surface area contributed by atoms with Gasteiger partial charge < -0.3 is 5.32 Å². The van der Waals surface area contributed by atoms with Gasteiger partial charge in [-0.2, -0.15) is 0 Å². The largest absolute Gasteiger partial charge is 0.322 e. The molecule has 7 heteroatoms. The molecule has 0 aliphatic heterocycles. The van der Waals surface area contributed by atoms with Crippen molar-refractivity contribution >= 4 is 53.9 Å². The van der Waals surface area contributed by atoms with Gasteiger partial charge in [-0.1, -0.05) is 0 Å². The van der Waals surface area contributed by atoms with Gasteiger partial charge in [-0.05, 0) is 71.1 Å². The molecule has 2 aromatic carbocycles. The van der Waals surface area contributed by atoms with Gasteiger partial charge in [0, 0.05) is 25.5 Å². The molecule has 2 aromatic rings. The van der Waals surface area contributed by atoms with Crippen molar-refractivity contribution in [3.05, 3.63) is 57.7 Å². The van der Waals surface area contributed by atoms with Crippen LogP contribution in [0.15, 0.2) is 53.4 Å². The maximum atomic E-state index is 11.9. The number of benzene rings is 2. The monoisotopic (exact) mass is 421 g/mol. The lowest BCUT2D eigenvalue weighted by Gasteiger charge is -2.06. The maximum absolute atomic E-state index is 11.9. The molecule has 4 nitrogen and oxygen atoms in total. The van der Waals surface area contributed by atoms with Crippen molar-refractivity contribution in [3.63, 3.8) is 0 Å². The second kappa shape index (κ2) is 6.11. The molecule has 20 heavy (non-hydrogen) atoms. The van der Waals surface area contributed by atoms with Gasteiger partial charge >= 0.3 is 0 Å². The molecule has 0 unspecified atom stereocenters. The molecule has 0 saturated heterocycles. The molecule has 0 saturated carbocycles. The summed E-state index contributed by atoms with van der Waals surface area (Å²) in [5.41, 5.74) is 1.03. The predicted octanol–water partition coefficient (Wildman–Crippen LogP) is 3.47. The Balaban J connectivity index is 2.14. The zero-order valence-corrected chi connectivity index (χ0v) is 13.7. The highest BCUT2D eigenvalue weighted by Crippen LogP contribution is 2.18. The number of amides is 1. The molecule has 0 atom stereocenters. The van der Waals surface area contributed by atoms with E-state index in [4.69, 9.17) is 10.7 Å². The quantitative estimate of drug-likeness (QED) is 0.610. The topological polar surface area (TPSA) is 63.2 Å². The van der Waals surface area contributed by atoms with Crippen LogP contribution in [0.3, 0.4) is 0 Å². The van der Waals surface area contributed by atoms with Gasteiger partial charge in [-0.3, -0.25) is 4.79 Å². The van der Waals surface area contributed by atoms with Gasteiger partial charge in [0.05, 0.1) is 4.90 Å². The van der Waals surface area contributed by atoms with E-state index in [9.17, 15) is 13.2 Å². The first kappa shape index (κ1) is 15.3. The molecule has 1 N–H and O–H groups in total. The minimum Gasteiger partial charge on any atom is -0.322 e. The highest BCUT2D eigenvalue weighted by Gasteiger charge is 2.10. The molecular formula is C13H9ClINO3S. The van der Waals surface area contributed by atoms with Gasteiger partial charge in [-0.25, -0.2) is 8.42 Å². The van der Waals surface area contributed by atoms with E-state index in [1.54, 1.807) is 12.1 Å². The smallest absolute Gasteiger partial charge is 0.261 e. The average molecular weight is 422 g/mol. The van der Waals surface area contributed by atoms with Crippen molar-refractivity contribution in [1.29, 1.82) is 0 Å². The Kier molecular flexibility index (Phi) is 4.66. The third-order valence-corrected chi connectivity index (χ3v) is 4.59. The number of anilines is 1. The molecule has 0 radical (unpaired) electrons. The summed E-state index contributed by atoms with van der Waals surface area (Å²) in [6, 6.07) is 12.7. The second-order valence-electron chi connectivity index (χ2n) is 3.92. The molecule has 0 aliphatic rings. The molecule has 0 bridgehead atoms. The Morgan fingerprint density at radius 3 is 2.05 bits per heavy atom. The normalized spacial score (nSPS) is 11.1. The summed E-state index contributed by atoms with van der Waals surface area (Å²) in [6.45, 7) is 0.